The Balaban J connectivity index is 2.02. The molecule has 1 N–H and O–H groups in total. The molecule has 1 aromatic heterocycles. The van der Waals surface area contributed by atoms with Crippen LogP contribution in [0.15, 0.2) is 64.4 Å². The smallest absolute Gasteiger partial charge is 0.247 e. The number of carbonyl (C=O) groups excluding carboxylic acids is 1. The second-order valence-corrected chi connectivity index (χ2v) is 11.3. The Morgan fingerprint density at radius 2 is 1.52 bits per heavy atom. The molecule has 2 aromatic carbocycles. The van der Waals surface area contributed by atoms with Crippen LogP contribution < -0.4 is 9.62 Å². The van der Waals surface area contributed by atoms with Crippen LogP contribution in [0.2, 0.25) is 5.02 Å². The second-order valence-electron chi connectivity index (χ2n) is 7.28. The molecule has 0 aliphatic heterocycles. The monoisotopic (exact) mass is 508 g/mol. The third-order valence-corrected chi connectivity index (χ3v) is 7.89. The van der Waals surface area contributed by atoms with Crippen LogP contribution in [0.1, 0.15) is 17.0 Å². The minimum Gasteiger partial charge on any atom is -0.247 e. The van der Waals surface area contributed by atoms with E-state index in [1.54, 1.807) is 39.0 Å². The van der Waals surface area contributed by atoms with Crippen LogP contribution in [0.5, 0.6) is 0 Å². The van der Waals surface area contributed by atoms with E-state index in [0.29, 0.717) is 16.3 Å². The summed E-state index contributed by atoms with van der Waals surface area (Å²) in [6, 6.07) is 12.0. The maximum atomic E-state index is 13.1. The molecule has 3 aromatic rings. The molecule has 0 radical (unpaired) electrons. The Bertz CT molecular complexity index is 1390. The number of hydrogen-bond donors (Lipinski definition) is 1. The van der Waals surface area contributed by atoms with Gasteiger partial charge in [0, 0.05) is 11.4 Å². The van der Waals surface area contributed by atoms with Crippen LogP contribution in [-0.2, 0) is 19.9 Å². The van der Waals surface area contributed by atoms with Crippen LogP contribution in [0.3, 0.4) is 0 Å². The highest BCUT2D eigenvalue weighted by Crippen LogP contribution is 2.22. The molecule has 0 fully saturated rings. The molecule has 1 heterocycles. The molecule has 0 aliphatic carbocycles. The number of benzene rings is 2. The number of carbonyl (C=O) groups is 1. The van der Waals surface area contributed by atoms with Gasteiger partial charge in [0.1, 0.15) is 10.8 Å². The quantitative estimate of drug-likeness (QED) is 0.540. The van der Waals surface area contributed by atoms with Gasteiger partial charge in [0.15, 0.2) is 9.84 Å². The molecule has 0 aliphatic rings. The summed E-state index contributed by atoms with van der Waals surface area (Å²) in [6.45, 7) is 5.09. The first kappa shape index (κ1) is 24.6. The molecule has 0 spiro atoms. The lowest BCUT2D eigenvalue weighted by Crippen LogP contribution is -2.46. The van der Waals surface area contributed by atoms with E-state index in [-0.39, 0.29) is 20.8 Å². The van der Waals surface area contributed by atoms with Gasteiger partial charge in [-0.3, -0.25) is 0 Å². The fourth-order valence-corrected chi connectivity index (χ4v) is 5.66. The predicted molar refractivity (Wildman–Crippen MR) is 124 cm³/mol. The first-order chi connectivity index (χ1) is 15.4. The van der Waals surface area contributed by atoms with Crippen molar-refractivity contribution in [2.24, 2.45) is 0 Å². The summed E-state index contributed by atoms with van der Waals surface area (Å²) in [7, 11) is -8.47. The summed E-state index contributed by atoms with van der Waals surface area (Å²) in [5.74, 6) is -1.14. The lowest BCUT2D eigenvalue weighted by Gasteiger charge is -2.22. The molecule has 33 heavy (non-hydrogen) atoms. The predicted octanol–water partition coefficient (Wildman–Crippen LogP) is 3.39. The van der Waals surface area contributed by atoms with Gasteiger partial charge in [0.2, 0.25) is 5.95 Å². The molecule has 0 unspecified atom stereocenters. The van der Waals surface area contributed by atoms with Gasteiger partial charge in [-0.05, 0) is 51.1 Å². The van der Waals surface area contributed by atoms with Gasteiger partial charge in [0.05, 0.1) is 9.92 Å². The molecule has 174 valence electrons. The number of anilines is 1. The number of aromatic nitrogens is 2. The molecule has 0 bridgehead atoms. The topological polar surface area (TPSA) is 126 Å². The summed E-state index contributed by atoms with van der Waals surface area (Å²) in [4.78, 5) is 21.7. The number of hydrogen-bond acceptors (Lipinski definition) is 7. The maximum Gasteiger partial charge on any atom is 0.339 e. The van der Waals surface area contributed by atoms with Crippen molar-refractivity contribution in [3.8, 4) is 0 Å². The summed E-state index contributed by atoms with van der Waals surface area (Å²) in [5, 5.41) is -0.0979. The molecule has 0 saturated carbocycles. The van der Waals surface area contributed by atoms with E-state index in [0.717, 1.165) is 5.56 Å². The Hall–Kier alpha value is -3.02. The SMILES string of the molecule is Cc1ccc(S(=O)(=O)CN(C(=O)NS(=O)(=O)c2ccccc2Cl)c2nc(C)cc(C)n2)cc1. The van der Waals surface area contributed by atoms with Gasteiger partial charge in [-0.2, -0.15) is 0 Å². The lowest BCUT2D eigenvalue weighted by atomic mass is 10.2. The first-order valence-corrected chi connectivity index (χ1v) is 13.1. The number of nitrogens with one attached hydrogen (secondary N) is 1. The van der Waals surface area contributed by atoms with Crippen molar-refractivity contribution in [3.05, 3.63) is 76.6 Å². The average Bonchev–Trinajstić information content (AvgIpc) is 2.71. The number of amides is 2. The van der Waals surface area contributed by atoms with Crippen LogP contribution in [0, 0.1) is 20.8 Å². The van der Waals surface area contributed by atoms with Crippen molar-refractivity contribution in [1.29, 1.82) is 0 Å². The van der Waals surface area contributed by atoms with E-state index in [2.05, 4.69) is 9.97 Å². The summed E-state index contributed by atoms with van der Waals surface area (Å²) < 4.78 is 53.5. The lowest BCUT2D eigenvalue weighted by molar-refractivity contribution is 0.251. The summed E-state index contributed by atoms with van der Waals surface area (Å²) in [5.41, 5.74) is 1.79. The van der Waals surface area contributed by atoms with Crippen molar-refractivity contribution in [2.75, 3.05) is 10.8 Å². The van der Waals surface area contributed by atoms with Crippen LogP contribution in [-0.4, -0.2) is 38.7 Å². The van der Waals surface area contributed by atoms with Crippen molar-refractivity contribution in [2.45, 2.75) is 30.6 Å². The van der Waals surface area contributed by atoms with Gasteiger partial charge < -0.3 is 0 Å². The normalized spacial score (nSPS) is 11.8. The maximum absolute atomic E-state index is 13.1. The van der Waals surface area contributed by atoms with Crippen molar-refractivity contribution < 1.29 is 21.6 Å². The number of nitrogens with zero attached hydrogens (tertiary/aromatic N) is 3. The first-order valence-electron chi connectivity index (χ1n) is 9.59. The fraction of sp³-hybridized carbons (Fsp3) is 0.190. The third-order valence-electron chi connectivity index (χ3n) is 4.48. The number of sulfonamides is 1. The van der Waals surface area contributed by atoms with Gasteiger partial charge in [0.25, 0.3) is 10.0 Å². The fourth-order valence-electron chi connectivity index (χ4n) is 2.91. The van der Waals surface area contributed by atoms with E-state index in [9.17, 15) is 21.6 Å². The highest BCUT2D eigenvalue weighted by molar-refractivity contribution is 7.91. The number of sulfone groups is 1. The van der Waals surface area contributed by atoms with E-state index >= 15 is 0 Å². The van der Waals surface area contributed by atoms with Gasteiger partial charge in [-0.1, -0.05) is 41.4 Å². The molecule has 3 rings (SSSR count). The number of rotatable bonds is 6. The molecule has 9 nitrogen and oxygen atoms in total. The molecular weight excluding hydrogens is 488 g/mol. The highest BCUT2D eigenvalue weighted by atomic mass is 35.5. The summed E-state index contributed by atoms with van der Waals surface area (Å²) >= 11 is 5.96. The Morgan fingerprint density at radius 3 is 2.09 bits per heavy atom. The van der Waals surface area contributed by atoms with Crippen LogP contribution in [0.25, 0.3) is 0 Å². The molecule has 0 atom stereocenters. The number of aryl methyl sites for hydroxylation is 3. The zero-order valence-corrected chi connectivity index (χ0v) is 20.4. The minimum absolute atomic E-state index is 0.0377. The Kier molecular flexibility index (Phi) is 7.06. The number of urea groups is 1. The molecule has 2 amide bonds. The Labute approximate surface area is 197 Å². The van der Waals surface area contributed by atoms with Crippen LogP contribution in [0.4, 0.5) is 10.7 Å². The molecular formula is C21H21ClN4O5S2. The Morgan fingerprint density at radius 1 is 0.939 bits per heavy atom. The van der Waals surface area contributed by atoms with Gasteiger partial charge in [-0.15, -0.1) is 0 Å². The largest absolute Gasteiger partial charge is 0.339 e. The van der Waals surface area contributed by atoms with Crippen molar-refractivity contribution in [3.63, 3.8) is 0 Å². The van der Waals surface area contributed by atoms with E-state index < -0.39 is 31.8 Å². The summed E-state index contributed by atoms with van der Waals surface area (Å²) in [6.07, 6.45) is 0. The zero-order chi connectivity index (χ0) is 24.4. The second kappa shape index (κ2) is 9.46. The van der Waals surface area contributed by atoms with Gasteiger partial charge in [-0.25, -0.2) is 41.2 Å². The van der Waals surface area contributed by atoms with Crippen molar-refractivity contribution in [1.82, 2.24) is 14.7 Å². The third kappa shape index (κ3) is 5.86. The zero-order valence-electron chi connectivity index (χ0n) is 18.0. The van der Waals surface area contributed by atoms with Crippen molar-refractivity contribution >= 4 is 43.4 Å². The highest BCUT2D eigenvalue weighted by Gasteiger charge is 2.30. The number of halogens is 1. The van der Waals surface area contributed by atoms with E-state index in [1.807, 2.05) is 4.72 Å². The molecule has 0 saturated heterocycles. The molecule has 12 heteroatoms. The average molecular weight is 509 g/mol. The van der Waals surface area contributed by atoms with Gasteiger partial charge >= 0.3 is 6.03 Å². The van der Waals surface area contributed by atoms with Crippen LogP contribution >= 0.6 is 11.6 Å². The standard InChI is InChI=1S/C21H21ClN4O5S2/c1-14-8-10-17(11-9-14)32(28,29)13-26(20-23-15(2)12-16(3)24-20)21(27)25-33(30,31)19-7-5-4-6-18(19)22/h4-12H,13H2,1-3H3,(H,25,27). The van der Waals surface area contributed by atoms with E-state index in [1.165, 1.54) is 36.4 Å². The minimum atomic E-state index is -4.41. The van der Waals surface area contributed by atoms with E-state index in [4.69, 9.17) is 11.6 Å².